The van der Waals surface area contributed by atoms with Gasteiger partial charge in [-0.1, -0.05) is 37.3 Å². The summed E-state index contributed by atoms with van der Waals surface area (Å²) in [5.74, 6) is 0.154. The summed E-state index contributed by atoms with van der Waals surface area (Å²) in [5.41, 5.74) is 3.52. The van der Waals surface area contributed by atoms with Crippen molar-refractivity contribution in [2.24, 2.45) is 0 Å². The second-order valence-electron chi connectivity index (χ2n) is 7.09. The van der Waals surface area contributed by atoms with Crippen LogP contribution in [0.4, 0.5) is 11.4 Å². The number of nitrogens with one attached hydrogen (secondary N) is 2. The number of benzene rings is 2. The van der Waals surface area contributed by atoms with Gasteiger partial charge in [0, 0.05) is 18.7 Å². The molecule has 0 spiro atoms. The van der Waals surface area contributed by atoms with E-state index >= 15 is 0 Å². The third kappa shape index (κ3) is 3.05. The molecule has 5 heteroatoms. The molecule has 0 aromatic heterocycles. The van der Waals surface area contributed by atoms with E-state index in [2.05, 4.69) is 34.6 Å². The van der Waals surface area contributed by atoms with Crippen molar-refractivity contribution in [2.75, 3.05) is 23.3 Å². The van der Waals surface area contributed by atoms with Crippen LogP contribution in [-0.2, 0) is 4.79 Å². The number of rotatable bonds is 4. The van der Waals surface area contributed by atoms with Crippen molar-refractivity contribution >= 4 is 23.2 Å². The molecule has 2 aliphatic rings. The van der Waals surface area contributed by atoms with Gasteiger partial charge >= 0.3 is 0 Å². The molecule has 2 N–H and O–H groups in total. The van der Waals surface area contributed by atoms with Gasteiger partial charge in [-0.15, -0.1) is 0 Å². The summed E-state index contributed by atoms with van der Waals surface area (Å²) >= 11 is 0. The number of hydrogen-bond acceptors (Lipinski definition) is 3. The topological polar surface area (TPSA) is 61.4 Å². The first kappa shape index (κ1) is 16.6. The average molecular weight is 349 g/mol. The standard InChI is InChI=1S/C21H23N3O2/c1-14(15-6-3-2-4-7-15)13-22-20(25)16-9-10-18-17(12-16)23-21(26)19-8-5-11-24(18)19/h2-4,6-7,9-10,12,14,19H,5,8,11,13H2,1H3,(H,22,25)(H,23,26)/t14-,19+/m1/s1. The zero-order valence-electron chi connectivity index (χ0n) is 14.9. The molecule has 0 bridgehead atoms. The number of fused-ring (bicyclic) bond motifs is 3. The predicted octanol–water partition coefficient (Wildman–Crippen LogP) is 3.14. The van der Waals surface area contributed by atoms with Crippen LogP contribution in [0.15, 0.2) is 48.5 Å². The third-order valence-electron chi connectivity index (χ3n) is 5.32. The maximum atomic E-state index is 12.5. The van der Waals surface area contributed by atoms with Crippen molar-refractivity contribution in [3.63, 3.8) is 0 Å². The Morgan fingerprint density at radius 2 is 2.08 bits per heavy atom. The second kappa shape index (κ2) is 6.83. The molecule has 0 aliphatic carbocycles. The Labute approximate surface area is 153 Å². The molecule has 5 nitrogen and oxygen atoms in total. The summed E-state index contributed by atoms with van der Waals surface area (Å²) < 4.78 is 0. The number of carbonyl (C=O) groups excluding carboxylic acids is 2. The molecule has 2 aliphatic heterocycles. The first-order chi connectivity index (χ1) is 12.6. The molecule has 2 heterocycles. The minimum absolute atomic E-state index is 0.0326. The molecule has 134 valence electrons. The van der Waals surface area contributed by atoms with Crippen molar-refractivity contribution in [1.29, 1.82) is 0 Å². The fraction of sp³-hybridized carbons (Fsp3) is 0.333. The fourth-order valence-corrected chi connectivity index (χ4v) is 3.82. The quantitative estimate of drug-likeness (QED) is 0.891. The average Bonchev–Trinajstić information content (AvgIpc) is 3.17. The molecule has 4 rings (SSSR count). The van der Waals surface area contributed by atoms with Crippen molar-refractivity contribution < 1.29 is 9.59 Å². The molecule has 0 unspecified atom stereocenters. The monoisotopic (exact) mass is 349 g/mol. The van der Waals surface area contributed by atoms with Crippen LogP contribution in [0, 0.1) is 0 Å². The lowest BCUT2D eigenvalue weighted by Crippen LogP contribution is -2.44. The van der Waals surface area contributed by atoms with Crippen LogP contribution < -0.4 is 15.5 Å². The Morgan fingerprint density at radius 3 is 2.88 bits per heavy atom. The van der Waals surface area contributed by atoms with Gasteiger partial charge in [-0.25, -0.2) is 0 Å². The van der Waals surface area contributed by atoms with Gasteiger partial charge in [0.25, 0.3) is 5.91 Å². The molecular weight excluding hydrogens is 326 g/mol. The van der Waals surface area contributed by atoms with E-state index in [-0.39, 0.29) is 23.8 Å². The molecule has 1 fully saturated rings. The normalized spacial score (nSPS) is 19.3. The number of amides is 2. The van der Waals surface area contributed by atoms with Crippen molar-refractivity contribution in [3.8, 4) is 0 Å². The van der Waals surface area contributed by atoms with Crippen LogP contribution in [0.1, 0.15) is 41.6 Å². The highest BCUT2D eigenvalue weighted by Gasteiger charge is 2.36. The minimum Gasteiger partial charge on any atom is -0.358 e. The van der Waals surface area contributed by atoms with Crippen LogP contribution in [0.3, 0.4) is 0 Å². The van der Waals surface area contributed by atoms with E-state index in [0.29, 0.717) is 12.1 Å². The van der Waals surface area contributed by atoms with Crippen molar-refractivity contribution in [1.82, 2.24) is 5.32 Å². The fourth-order valence-electron chi connectivity index (χ4n) is 3.82. The van der Waals surface area contributed by atoms with Crippen molar-refractivity contribution in [3.05, 3.63) is 59.7 Å². The molecule has 2 aromatic carbocycles. The first-order valence-corrected chi connectivity index (χ1v) is 9.18. The summed E-state index contributed by atoms with van der Waals surface area (Å²) in [6.45, 7) is 3.56. The molecule has 26 heavy (non-hydrogen) atoms. The van der Waals surface area contributed by atoms with Crippen LogP contribution >= 0.6 is 0 Å². The van der Waals surface area contributed by atoms with E-state index in [1.54, 1.807) is 6.07 Å². The number of anilines is 2. The molecule has 0 saturated carbocycles. The minimum atomic E-state index is -0.117. The van der Waals surface area contributed by atoms with Gasteiger partial charge in [0.05, 0.1) is 11.4 Å². The largest absolute Gasteiger partial charge is 0.358 e. The van der Waals surface area contributed by atoms with Gasteiger partial charge in [-0.05, 0) is 42.5 Å². The zero-order valence-corrected chi connectivity index (χ0v) is 14.9. The van der Waals surface area contributed by atoms with Crippen LogP contribution in [0.2, 0.25) is 0 Å². The summed E-state index contributed by atoms with van der Waals surface area (Å²) in [5, 5.41) is 5.95. The van der Waals surface area contributed by atoms with Gasteiger partial charge in [-0.3, -0.25) is 9.59 Å². The Balaban J connectivity index is 1.46. The predicted molar refractivity (Wildman–Crippen MR) is 103 cm³/mol. The number of carbonyl (C=O) groups is 2. The zero-order chi connectivity index (χ0) is 18.1. The van der Waals surface area contributed by atoms with E-state index in [9.17, 15) is 9.59 Å². The number of nitrogens with zero attached hydrogens (tertiary/aromatic N) is 1. The SMILES string of the molecule is C[C@H](CNC(=O)c1ccc2c(c1)NC(=O)[C@@H]1CCCN21)c1ccccc1. The Kier molecular flexibility index (Phi) is 4.37. The molecule has 2 amide bonds. The maximum Gasteiger partial charge on any atom is 0.251 e. The van der Waals surface area contributed by atoms with E-state index in [1.807, 2.05) is 30.3 Å². The summed E-state index contributed by atoms with van der Waals surface area (Å²) in [6, 6.07) is 15.6. The Morgan fingerprint density at radius 1 is 1.27 bits per heavy atom. The van der Waals surface area contributed by atoms with E-state index in [0.717, 1.165) is 30.8 Å². The van der Waals surface area contributed by atoms with E-state index in [4.69, 9.17) is 0 Å². The molecular formula is C21H23N3O2. The Hall–Kier alpha value is -2.82. The highest BCUT2D eigenvalue weighted by atomic mass is 16.2. The van der Waals surface area contributed by atoms with Gasteiger partial charge in [-0.2, -0.15) is 0 Å². The smallest absolute Gasteiger partial charge is 0.251 e. The van der Waals surface area contributed by atoms with Crippen LogP contribution in [-0.4, -0.2) is 30.9 Å². The van der Waals surface area contributed by atoms with Gasteiger partial charge in [0.1, 0.15) is 6.04 Å². The van der Waals surface area contributed by atoms with Gasteiger partial charge < -0.3 is 15.5 Å². The molecule has 0 radical (unpaired) electrons. The lowest BCUT2D eigenvalue weighted by molar-refractivity contribution is -0.117. The van der Waals surface area contributed by atoms with Crippen LogP contribution in [0.5, 0.6) is 0 Å². The summed E-state index contributed by atoms with van der Waals surface area (Å²) in [7, 11) is 0. The van der Waals surface area contributed by atoms with E-state index < -0.39 is 0 Å². The highest BCUT2D eigenvalue weighted by Crippen LogP contribution is 2.37. The summed E-state index contributed by atoms with van der Waals surface area (Å²) in [6.07, 6.45) is 1.92. The molecule has 1 saturated heterocycles. The number of hydrogen-bond donors (Lipinski definition) is 2. The molecule has 2 atom stereocenters. The second-order valence-corrected chi connectivity index (χ2v) is 7.09. The molecule has 2 aromatic rings. The maximum absolute atomic E-state index is 12.5. The van der Waals surface area contributed by atoms with Crippen LogP contribution in [0.25, 0.3) is 0 Å². The van der Waals surface area contributed by atoms with Gasteiger partial charge in [0.2, 0.25) is 5.91 Å². The first-order valence-electron chi connectivity index (χ1n) is 9.18. The summed E-state index contributed by atoms with van der Waals surface area (Å²) in [4.78, 5) is 26.9. The van der Waals surface area contributed by atoms with Crippen molar-refractivity contribution in [2.45, 2.75) is 31.7 Å². The third-order valence-corrected chi connectivity index (χ3v) is 5.32. The lowest BCUT2D eigenvalue weighted by atomic mass is 10.0. The Bertz CT molecular complexity index is 834. The highest BCUT2D eigenvalue weighted by molar-refractivity contribution is 6.06. The van der Waals surface area contributed by atoms with Gasteiger partial charge in [0.15, 0.2) is 0 Å². The lowest BCUT2D eigenvalue weighted by Gasteiger charge is -2.33. The van der Waals surface area contributed by atoms with E-state index in [1.165, 1.54) is 5.56 Å².